The molecule has 0 aliphatic rings. The summed E-state index contributed by atoms with van der Waals surface area (Å²) in [6, 6.07) is 0. The van der Waals surface area contributed by atoms with Gasteiger partial charge in [-0.15, -0.1) is 0 Å². The minimum atomic E-state index is -0.810. The molecule has 0 amide bonds. The summed E-state index contributed by atoms with van der Waals surface area (Å²) in [5, 5.41) is 0. The lowest BCUT2D eigenvalue weighted by molar-refractivity contribution is -0.167. The summed E-state index contributed by atoms with van der Waals surface area (Å²) >= 11 is 0. The van der Waals surface area contributed by atoms with Gasteiger partial charge in [0, 0.05) is 19.3 Å². The van der Waals surface area contributed by atoms with Crippen LogP contribution in [0.25, 0.3) is 0 Å². The Balaban J connectivity index is 4.42. The second-order valence-corrected chi connectivity index (χ2v) is 19.1. The van der Waals surface area contributed by atoms with Gasteiger partial charge in [0.2, 0.25) is 0 Å². The Hall–Kier alpha value is -3.93. The Morgan fingerprint density at radius 1 is 0.296 bits per heavy atom. The van der Waals surface area contributed by atoms with Gasteiger partial charge < -0.3 is 14.2 Å². The van der Waals surface area contributed by atoms with Crippen LogP contribution in [0.15, 0.2) is 109 Å². The van der Waals surface area contributed by atoms with Crippen molar-refractivity contribution in [3.63, 3.8) is 0 Å². The lowest BCUT2D eigenvalue weighted by Crippen LogP contribution is -2.30. The first-order valence-electron chi connectivity index (χ1n) is 29.4. The Bertz CT molecular complexity index is 1460. The fraction of sp³-hybridized carbons (Fsp3) is 0.677. The highest BCUT2D eigenvalue weighted by Crippen LogP contribution is 2.15. The Morgan fingerprint density at radius 3 is 0.901 bits per heavy atom. The number of carbonyl (C=O) groups excluding carboxylic acids is 3. The molecule has 71 heavy (non-hydrogen) atoms. The van der Waals surface area contributed by atoms with Gasteiger partial charge in [0.15, 0.2) is 6.10 Å². The molecule has 0 aliphatic heterocycles. The molecule has 1 atom stereocenters. The van der Waals surface area contributed by atoms with Crippen LogP contribution in [0.3, 0.4) is 0 Å². The lowest BCUT2D eigenvalue weighted by Gasteiger charge is -2.18. The van der Waals surface area contributed by atoms with Crippen molar-refractivity contribution in [3.05, 3.63) is 109 Å². The first kappa shape index (κ1) is 67.1. The highest BCUT2D eigenvalue weighted by atomic mass is 16.6. The van der Waals surface area contributed by atoms with Gasteiger partial charge in [-0.25, -0.2) is 0 Å². The SMILES string of the molecule is CC/C=C\C/C=C\C/C=C\C/C=C\C/C=C\CCCC(=O)OC(COC(=O)CCCCCCCCCCCC/C=C\C/C=C\C/C=C\C/C=C\CC)COC(=O)CCCCCCCCCCCCCCC. The van der Waals surface area contributed by atoms with Gasteiger partial charge in [0.05, 0.1) is 0 Å². The molecule has 0 rings (SSSR count). The monoisotopic (exact) mass is 985 g/mol. The van der Waals surface area contributed by atoms with E-state index in [0.29, 0.717) is 19.3 Å². The van der Waals surface area contributed by atoms with E-state index >= 15 is 0 Å². The normalized spacial score (nSPS) is 12.9. The van der Waals surface area contributed by atoms with Crippen molar-refractivity contribution in [1.29, 1.82) is 0 Å². The topological polar surface area (TPSA) is 78.9 Å². The maximum Gasteiger partial charge on any atom is 0.306 e. The van der Waals surface area contributed by atoms with E-state index in [-0.39, 0.29) is 37.5 Å². The fourth-order valence-electron chi connectivity index (χ4n) is 7.94. The number of hydrogen-bond acceptors (Lipinski definition) is 6. The smallest absolute Gasteiger partial charge is 0.306 e. The molecule has 0 N–H and O–H groups in total. The van der Waals surface area contributed by atoms with Crippen LogP contribution in [0.1, 0.15) is 265 Å². The van der Waals surface area contributed by atoms with E-state index in [1.54, 1.807) is 0 Å². The molecule has 0 aliphatic carbocycles. The van der Waals surface area contributed by atoms with Gasteiger partial charge in [-0.05, 0) is 96.3 Å². The van der Waals surface area contributed by atoms with Crippen molar-refractivity contribution >= 4 is 17.9 Å². The van der Waals surface area contributed by atoms with Crippen LogP contribution in [0.5, 0.6) is 0 Å². The molecule has 0 saturated carbocycles. The largest absolute Gasteiger partial charge is 0.462 e. The molecule has 1 unspecified atom stereocenters. The molecular formula is C65H108O6. The molecule has 0 saturated heterocycles. The molecule has 0 aromatic heterocycles. The van der Waals surface area contributed by atoms with Gasteiger partial charge in [0.1, 0.15) is 13.2 Å². The van der Waals surface area contributed by atoms with Crippen LogP contribution in [0.4, 0.5) is 0 Å². The number of carbonyl (C=O) groups is 3. The average Bonchev–Trinajstić information content (AvgIpc) is 3.37. The molecule has 0 aromatic carbocycles. The van der Waals surface area contributed by atoms with Crippen molar-refractivity contribution in [1.82, 2.24) is 0 Å². The van der Waals surface area contributed by atoms with Crippen LogP contribution in [0, 0.1) is 0 Å². The van der Waals surface area contributed by atoms with E-state index in [0.717, 1.165) is 103 Å². The minimum absolute atomic E-state index is 0.101. The van der Waals surface area contributed by atoms with Crippen LogP contribution in [0.2, 0.25) is 0 Å². The van der Waals surface area contributed by atoms with Crippen molar-refractivity contribution in [2.45, 2.75) is 271 Å². The van der Waals surface area contributed by atoms with Gasteiger partial charge >= 0.3 is 17.9 Å². The van der Waals surface area contributed by atoms with Gasteiger partial charge in [-0.2, -0.15) is 0 Å². The minimum Gasteiger partial charge on any atom is -0.462 e. The highest BCUT2D eigenvalue weighted by Gasteiger charge is 2.19. The van der Waals surface area contributed by atoms with Crippen molar-refractivity contribution in [2.75, 3.05) is 13.2 Å². The molecule has 0 spiro atoms. The Labute approximate surface area is 438 Å². The molecule has 0 aromatic rings. The van der Waals surface area contributed by atoms with Crippen molar-refractivity contribution < 1.29 is 28.6 Å². The van der Waals surface area contributed by atoms with E-state index in [9.17, 15) is 14.4 Å². The molecule has 0 fully saturated rings. The van der Waals surface area contributed by atoms with E-state index < -0.39 is 6.10 Å². The first-order chi connectivity index (χ1) is 35.0. The molecule has 0 heterocycles. The van der Waals surface area contributed by atoms with Gasteiger partial charge in [-0.3, -0.25) is 14.4 Å². The Kier molecular flexibility index (Phi) is 55.4. The summed E-state index contributed by atoms with van der Waals surface area (Å²) in [6.07, 6.45) is 79.4. The maximum atomic E-state index is 12.8. The molecule has 6 nitrogen and oxygen atoms in total. The first-order valence-corrected chi connectivity index (χ1v) is 29.4. The highest BCUT2D eigenvalue weighted by molar-refractivity contribution is 5.71. The van der Waals surface area contributed by atoms with Crippen LogP contribution in [-0.2, 0) is 28.6 Å². The quantitative estimate of drug-likeness (QED) is 0.0261. The summed E-state index contributed by atoms with van der Waals surface area (Å²) in [5.74, 6) is -0.961. The van der Waals surface area contributed by atoms with Crippen LogP contribution < -0.4 is 0 Å². The van der Waals surface area contributed by atoms with E-state index in [1.807, 2.05) is 0 Å². The van der Waals surface area contributed by atoms with Gasteiger partial charge in [0.25, 0.3) is 0 Å². The third-order valence-electron chi connectivity index (χ3n) is 12.3. The second-order valence-electron chi connectivity index (χ2n) is 19.1. The van der Waals surface area contributed by atoms with Crippen LogP contribution >= 0.6 is 0 Å². The van der Waals surface area contributed by atoms with Gasteiger partial charge in [-0.1, -0.05) is 259 Å². The average molecular weight is 986 g/mol. The maximum absolute atomic E-state index is 12.8. The summed E-state index contributed by atoms with van der Waals surface area (Å²) in [5.41, 5.74) is 0. The summed E-state index contributed by atoms with van der Waals surface area (Å²) in [4.78, 5) is 38.2. The molecular weight excluding hydrogens is 877 g/mol. The second kappa shape index (κ2) is 58.6. The third kappa shape index (κ3) is 56.9. The number of esters is 3. The van der Waals surface area contributed by atoms with E-state index in [1.165, 1.54) is 116 Å². The number of allylic oxidation sites excluding steroid dienone is 18. The number of rotatable bonds is 52. The zero-order valence-electron chi connectivity index (χ0n) is 46.2. The fourth-order valence-corrected chi connectivity index (χ4v) is 7.94. The number of ether oxygens (including phenoxy) is 3. The molecule has 6 heteroatoms. The number of unbranched alkanes of at least 4 members (excludes halogenated alkanes) is 23. The predicted octanol–water partition coefficient (Wildman–Crippen LogP) is 19.9. The summed E-state index contributed by atoms with van der Waals surface area (Å²) in [6.45, 7) is 6.37. The van der Waals surface area contributed by atoms with Crippen molar-refractivity contribution in [2.24, 2.45) is 0 Å². The van der Waals surface area contributed by atoms with Crippen LogP contribution in [-0.4, -0.2) is 37.2 Å². The molecule has 404 valence electrons. The molecule has 0 radical (unpaired) electrons. The van der Waals surface area contributed by atoms with E-state index in [4.69, 9.17) is 14.2 Å². The standard InChI is InChI=1S/C65H108O6/c1-4-7-10-13-16-19-22-25-27-29-30-31-32-33-34-36-37-40-43-46-49-52-55-58-64(67)70-61-62(60-69-63(66)57-54-51-48-45-42-39-24-21-18-15-12-9-6-3)71-65(68)59-56-53-50-47-44-41-38-35-28-26-23-20-17-14-11-8-5-2/h7-8,10-11,16-17,19-20,25-28,30-31,38,41,47,50,62H,4-6,9,12-15,18,21-24,29,32-37,39-40,42-46,48-49,51-61H2,1-3H3/b10-7-,11-8-,19-16-,20-17-,27-25-,28-26-,31-30-,41-38-,50-47-. The predicted molar refractivity (Wildman–Crippen MR) is 307 cm³/mol. The van der Waals surface area contributed by atoms with E-state index in [2.05, 4.69) is 130 Å². The summed E-state index contributed by atoms with van der Waals surface area (Å²) < 4.78 is 16.8. The zero-order chi connectivity index (χ0) is 51.4. The van der Waals surface area contributed by atoms with Crippen molar-refractivity contribution in [3.8, 4) is 0 Å². The molecule has 0 bridgehead atoms. The zero-order valence-corrected chi connectivity index (χ0v) is 46.2. The number of hydrogen-bond donors (Lipinski definition) is 0. The summed E-state index contributed by atoms with van der Waals surface area (Å²) in [7, 11) is 0. The Morgan fingerprint density at radius 2 is 0.563 bits per heavy atom. The third-order valence-corrected chi connectivity index (χ3v) is 12.3. The lowest BCUT2D eigenvalue weighted by atomic mass is 10.0.